The quantitative estimate of drug-likeness (QED) is 0.516. The van der Waals surface area contributed by atoms with Gasteiger partial charge in [-0.3, -0.25) is 0 Å². The van der Waals surface area contributed by atoms with Crippen LogP contribution in [0.2, 0.25) is 0 Å². The third-order valence-electron chi connectivity index (χ3n) is 3.12. The number of allylic oxidation sites excluding steroid dienone is 3. The van der Waals surface area contributed by atoms with E-state index in [4.69, 9.17) is 0 Å². The van der Waals surface area contributed by atoms with Gasteiger partial charge in [0.2, 0.25) is 0 Å². The van der Waals surface area contributed by atoms with E-state index in [9.17, 15) is 0 Å². The molecule has 0 radical (unpaired) electrons. The minimum Gasteiger partial charge on any atom is -0.135 e. The minimum atomic E-state index is 1.08. The van der Waals surface area contributed by atoms with Gasteiger partial charge in [0.25, 0.3) is 0 Å². The monoisotopic (exact) mass is 250 g/mol. The molecule has 0 unspecified atom stereocenters. The maximum atomic E-state index is 4.15. The van der Waals surface area contributed by atoms with E-state index in [1.807, 2.05) is 24.3 Å². The van der Waals surface area contributed by atoms with Gasteiger partial charge in [0.05, 0.1) is 0 Å². The lowest BCUT2D eigenvalue weighted by Gasteiger charge is -2.02. The Morgan fingerprint density at radius 2 is 1.83 bits per heavy atom. The van der Waals surface area contributed by atoms with Gasteiger partial charge < -0.3 is 0 Å². The summed E-state index contributed by atoms with van der Waals surface area (Å²) in [5.41, 5.74) is 2.32. The lowest BCUT2D eigenvalue weighted by molar-refractivity contribution is 1.70. The van der Waals surface area contributed by atoms with E-state index >= 15 is 0 Å². The lowest BCUT2D eigenvalue weighted by atomic mass is 10.0. The highest BCUT2D eigenvalue weighted by atomic mass is 32.1. The molecule has 1 aromatic heterocycles. The Balaban J connectivity index is 2.37. The summed E-state index contributed by atoms with van der Waals surface area (Å²) in [6, 6.07) is 15.0. The largest absolute Gasteiger partial charge is 0.135 e. The summed E-state index contributed by atoms with van der Waals surface area (Å²) in [7, 11) is 0. The Hall–Kier alpha value is -1.86. The van der Waals surface area contributed by atoms with Crippen LogP contribution >= 0.6 is 11.3 Å². The molecule has 0 atom stereocenters. The van der Waals surface area contributed by atoms with Crippen LogP contribution in [0.15, 0.2) is 61.2 Å². The maximum absolute atomic E-state index is 4.15. The summed E-state index contributed by atoms with van der Waals surface area (Å²) in [4.78, 5) is 0. The number of rotatable bonds is 2. The van der Waals surface area contributed by atoms with Crippen LogP contribution in [0.1, 0.15) is 12.5 Å². The second-order valence-electron chi connectivity index (χ2n) is 4.31. The van der Waals surface area contributed by atoms with E-state index in [2.05, 4.69) is 55.1 Å². The van der Waals surface area contributed by atoms with Gasteiger partial charge in [-0.1, -0.05) is 55.1 Å². The Labute approximate surface area is 111 Å². The molecule has 0 aliphatic carbocycles. The first-order chi connectivity index (χ1) is 8.81. The van der Waals surface area contributed by atoms with Crippen molar-refractivity contribution in [2.45, 2.75) is 6.92 Å². The highest BCUT2D eigenvalue weighted by Gasteiger charge is 2.08. The molecule has 0 amide bonds. The molecule has 0 N–H and O–H groups in total. The van der Waals surface area contributed by atoms with Gasteiger partial charge in [0.1, 0.15) is 0 Å². The summed E-state index contributed by atoms with van der Waals surface area (Å²) < 4.78 is 2.68. The van der Waals surface area contributed by atoms with Gasteiger partial charge in [-0.2, -0.15) is 0 Å². The average Bonchev–Trinajstić information content (AvgIpc) is 2.77. The van der Waals surface area contributed by atoms with Crippen LogP contribution in [-0.4, -0.2) is 0 Å². The van der Waals surface area contributed by atoms with Crippen LogP contribution in [0.25, 0.3) is 25.7 Å². The standard InChI is InChI=1S/C17H14S/c1-3-7-12(2)13-9-6-10-15-14-8-4-5-11-16(14)18-17(13)15/h3-11H,2H2,1H3. The fraction of sp³-hybridized carbons (Fsp3) is 0.0588. The molecule has 88 valence electrons. The van der Waals surface area contributed by atoms with Gasteiger partial charge in [-0.05, 0) is 24.1 Å². The smallest absolute Gasteiger partial charge is 0.0433 e. The van der Waals surface area contributed by atoms with E-state index in [1.54, 1.807) is 0 Å². The van der Waals surface area contributed by atoms with E-state index in [1.165, 1.54) is 25.7 Å². The molecule has 2 aromatic carbocycles. The third-order valence-corrected chi connectivity index (χ3v) is 4.34. The number of fused-ring (bicyclic) bond motifs is 3. The van der Waals surface area contributed by atoms with Gasteiger partial charge in [0, 0.05) is 20.2 Å². The molecular formula is C17H14S. The summed E-state index contributed by atoms with van der Waals surface area (Å²) in [5.74, 6) is 0. The van der Waals surface area contributed by atoms with Gasteiger partial charge in [-0.25, -0.2) is 0 Å². The molecule has 1 heteroatoms. The molecule has 18 heavy (non-hydrogen) atoms. The molecule has 0 saturated heterocycles. The molecular weight excluding hydrogens is 236 g/mol. The highest BCUT2D eigenvalue weighted by Crippen LogP contribution is 2.37. The number of benzene rings is 2. The summed E-state index contributed by atoms with van der Waals surface area (Å²) in [6.07, 6.45) is 4.10. The van der Waals surface area contributed by atoms with Crippen LogP contribution < -0.4 is 0 Å². The van der Waals surface area contributed by atoms with Crippen LogP contribution in [0.3, 0.4) is 0 Å². The first kappa shape index (κ1) is 11.2. The topological polar surface area (TPSA) is 0 Å². The van der Waals surface area contributed by atoms with Gasteiger partial charge in [-0.15, -0.1) is 11.3 Å². The van der Waals surface area contributed by atoms with Crippen molar-refractivity contribution in [1.29, 1.82) is 0 Å². The predicted octanol–water partition coefficient (Wildman–Crippen LogP) is 5.64. The summed E-state index contributed by atoms with van der Waals surface area (Å²) >= 11 is 1.85. The number of hydrogen-bond donors (Lipinski definition) is 0. The van der Waals surface area contributed by atoms with Crippen LogP contribution in [0.4, 0.5) is 0 Å². The van der Waals surface area contributed by atoms with Crippen molar-refractivity contribution in [1.82, 2.24) is 0 Å². The van der Waals surface area contributed by atoms with Crippen molar-refractivity contribution < 1.29 is 0 Å². The van der Waals surface area contributed by atoms with E-state index < -0.39 is 0 Å². The molecule has 0 aliphatic rings. The van der Waals surface area contributed by atoms with Crippen molar-refractivity contribution in [2.75, 3.05) is 0 Å². The second-order valence-corrected chi connectivity index (χ2v) is 5.36. The Kier molecular flexibility index (Phi) is 2.77. The van der Waals surface area contributed by atoms with Gasteiger partial charge >= 0.3 is 0 Å². The Bertz CT molecular complexity index is 759. The zero-order valence-electron chi connectivity index (χ0n) is 10.3. The zero-order chi connectivity index (χ0) is 12.5. The number of thiophene rings is 1. The second kappa shape index (κ2) is 4.43. The lowest BCUT2D eigenvalue weighted by Crippen LogP contribution is -1.78. The zero-order valence-corrected chi connectivity index (χ0v) is 11.1. The Morgan fingerprint density at radius 1 is 1.06 bits per heavy atom. The molecule has 1 heterocycles. The molecule has 0 spiro atoms. The molecule has 3 aromatic rings. The van der Waals surface area contributed by atoms with Crippen LogP contribution in [-0.2, 0) is 0 Å². The van der Waals surface area contributed by atoms with Crippen molar-refractivity contribution in [3.63, 3.8) is 0 Å². The normalized spacial score (nSPS) is 11.6. The molecule has 0 saturated carbocycles. The first-order valence-electron chi connectivity index (χ1n) is 6.03. The molecule has 0 aliphatic heterocycles. The van der Waals surface area contributed by atoms with E-state index in [0.29, 0.717) is 0 Å². The average molecular weight is 250 g/mol. The van der Waals surface area contributed by atoms with E-state index in [-0.39, 0.29) is 0 Å². The Morgan fingerprint density at radius 3 is 2.67 bits per heavy atom. The molecule has 3 rings (SSSR count). The third kappa shape index (κ3) is 1.68. The summed E-state index contributed by atoms with van der Waals surface area (Å²) in [5, 5.41) is 2.67. The van der Waals surface area contributed by atoms with E-state index in [0.717, 1.165) is 5.57 Å². The minimum absolute atomic E-state index is 1.08. The molecule has 0 bridgehead atoms. The van der Waals surface area contributed by atoms with Crippen LogP contribution in [0, 0.1) is 0 Å². The molecule has 0 nitrogen and oxygen atoms in total. The first-order valence-corrected chi connectivity index (χ1v) is 6.85. The SMILES string of the molecule is C=C(C=CC)c1cccc2c1sc1ccccc12. The predicted molar refractivity (Wildman–Crippen MR) is 83.2 cm³/mol. The van der Waals surface area contributed by atoms with Gasteiger partial charge in [0.15, 0.2) is 0 Å². The van der Waals surface area contributed by atoms with Crippen molar-refractivity contribution >= 4 is 37.1 Å². The van der Waals surface area contributed by atoms with Crippen molar-refractivity contribution in [3.8, 4) is 0 Å². The highest BCUT2D eigenvalue weighted by molar-refractivity contribution is 7.26. The maximum Gasteiger partial charge on any atom is 0.0433 e. The number of hydrogen-bond acceptors (Lipinski definition) is 1. The van der Waals surface area contributed by atoms with Crippen molar-refractivity contribution in [2.24, 2.45) is 0 Å². The fourth-order valence-electron chi connectivity index (χ4n) is 2.29. The van der Waals surface area contributed by atoms with Crippen molar-refractivity contribution in [3.05, 3.63) is 66.8 Å². The van der Waals surface area contributed by atoms with Crippen LogP contribution in [0.5, 0.6) is 0 Å². The molecule has 0 fully saturated rings. The summed E-state index contributed by atoms with van der Waals surface area (Å²) in [6.45, 7) is 6.18. The fourth-order valence-corrected chi connectivity index (χ4v) is 3.54.